The monoisotopic (exact) mass is 160 g/mol. The number of carboxylic acids is 1. The molecule has 0 aromatic carbocycles. The smallest absolute Gasteiger partial charge is 0.346 e. The third kappa shape index (κ3) is 1.16. The normalized spacial score (nSPS) is 9.70. The average Bonchev–Trinajstić information content (AvgIpc) is 2.33. The lowest BCUT2D eigenvalue weighted by Crippen LogP contribution is -1.95. The fourth-order valence-corrected chi connectivity index (χ4v) is 1.37. The molecule has 4 heteroatoms. The van der Waals surface area contributed by atoms with Gasteiger partial charge in [0.2, 0.25) is 0 Å². The first-order valence-electron chi connectivity index (χ1n) is 2.61. The molecule has 10 heavy (non-hydrogen) atoms. The quantitative estimate of drug-likeness (QED) is 0.717. The highest BCUT2D eigenvalue weighted by Gasteiger charge is 2.09. The Bertz CT molecular complexity index is 244. The van der Waals surface area contributed by atoms with Gasteiger partial charge in [-0.2, -0.15) is 0 Å². The van der Waals surface area contributed by atoms with E-state index in [1.165, 1.54) is 6.07 Å². The number of rotatable bonds is 2. The maximum Gasteiger partial charge on any atom is 0.346 e. The van der Waals surface area contributed by atoms with E-state index in [9.17, 15) is 9.18 Å². The van der Waals surface area contributed by atoms with Crippen molar-refractivity contribution in [3.63, 3.8) is 0 Å². The Kier molecular flexibility index (Phi) is 2.01. The van der Waals surface area contributed by atoms with Crippen LogP contribution in [0.5, 0.6) is 0 Å². The molecule has 0 aliphatic heterocycles. The van der Waals surface area contributed by atoms with Crippen LogP contribution in [0.2, 0.25) is 0 Å². The first kappa shape index (κ1) is 7.21. The molecule has 0 saturated carbocycles. The van der Waals surface area contributed by atoms with Crippen LogP contribution in [0.15, 0.2) is 11.4 Å². The summed E-state index contributed by atoms with van der Waals surface area (Å²) in [6.07, 6.45) is 0. The van der Waals surface area contributed by atoms with Crippen molar-refractivity contribution in [1.29, 1.82) is 0 Å². The zero-order chi connectivity index (χ0) is 7.56. The number of carbonyl (C=O) groups is 1. The third-order valence-electron chi connectivity index (χ3n) is 1.08. The Morgan fingerprint density at radius 3 is 2.90 bits per heavy atom. The molecule has 1 aromatic rings. The second kappa shape index (κ2) is 2.79. The zero-order valence-corrected chi connectivity index (χ0v) is 5.82. The molecule has 1 rings (SSSR count). The summed E-state index contributed by atoms with van der Waals surface area (Å²) in [6, 6.07) is 1.48. The van der Waals surface area contributed by atoms with Crippen molar-refractivity contribution >= 4 is 17.3 Å². The van der Waals surface area contributed by atoms with E-state index in [1.807, 2.05) is 0 Å². The molecular weight excluding hydrogens is 155 g/mol. The zero-order valence-electron chi connectivity index (χ0n) is 5.00. The number of thiophene rings is 1. The molecular formula is C6H5FO2S. The van der Waals surface area contributed by atoms with E-state index in [-0.39, 0.29) is 10.4 Å². The van der Waals surface area contributed by atoms with Crippen LogP contribution in [0.4, 0.5) is 4.39 Å². The van der Waals surface area contributed by atoms with Gasteiger partial charge in [-0.1, -0.05) is 0 Å². The standard InChI is InChI=1S/C6H5FO2S/c7-3-4-1-2-10-5(4)6(8)9/h1-2H,3H2,(H,8,9). The van der Waals surface area contributed by atoms with Gasteiger partial charge in [-0.25, -0.2) is 9.18 Å². The summed E-state index contributed by atoms with van der Waals surface area (Å²) in [6.45, 7) is -0.703. The summed E-state index contributed by atoms with van der Waals surface area (Å²) < 4.78 is 11.9. The predicted octanol–water partition coefficient (Wildman–Crippen LogP) is 1.92. The van der Waals surface area contributed by atoms with Crippen LogP contribution in [-0.2, 0) is 6.67 Å². The molecule has 0 radical (unpaired) electrons. The third-order valence-corrected chi connectivity index (χ3v) is 2.03. The highest BCUT2D eigenvalue weighted by Crippen LogP contribution is 2.17. The van der Waals surface area contributed by atoms with Crippen LogP contribution < -0.4 is 0 Å². The Morgan fingerprint density at radius 1 is 1.80 bits per heavy atom. The minimum absolute atomic E-state index is 0.0995. The first-order chi connectivity index (χ1) is 4.75. The summed E-state index contributed by atoms with van der Waals surface area (Å²) in [7, 11) is 0. The molecule has 1 heterocycles. The van der Waals surface area contributed by atoms with Gasteiger partial charge < -0.3 is 5.11 Å². The van der Waals surface area contributed by atoms with Crippen LogP contribution >= 0.6 is 11.3 Å². The van der Waals surface area contributed by atoms with E-state index in [4.69, 9.17) is 5.11 Å². The van der Waals surface area contributed by atoms with E-state index >= 15 is 0 Å². The number of aromatic carboxylic acids is 1. The van der Waals surface area contributed by atoms with E-state index in [0.29, 0.717) is 0 Å². The van der Waals surface area contributed by atoms with Crippen molar-refractivity contribution in [2.75, 3.05) is 0 Å². The molecule has 0 atom stereocenters. The fraction of sp³-hybridized carbons (Fsp3) is 0.167. The highest BCUT2D eigenvalue weighted by atomic mass is 32.1. The Hall–Kier alpha value is -0.900. The van der Waals surface area contributed by atoms with Gasteiger partial charge in [0.25, 0.3) is 0 Å². The lowest BCUT2D eigenvalue weighted by atomic mass is 10.3. The van der Waals surface area contributed by atoms with Gasteiger partial charge in [0.05, 0.1) is 0 Å². The molecule has 0 spiro atoms. The molecule has 0 amide bonds. The number of carboxylic acid groups (broad SMARTS) is 1. The summed E-state index contributed by atoms with van der Waals surface area (Å²) >= 11 is 1.04. The lowest BCUT2D eigenvalue weighted by molar-refractivity contribution is 0.0700. The predicted molar refractivity (Wildman–Crippen MR) is 36.1 cm³/mol. The molecule has 0 bridgehead atoms. The van der Waals surface area contributed by atoms with Crippen LogP contribution in [0.3, 0.4) is 0 Å². The molecule has 0 aliphatic rings. The summed E-state index contributed by atoms with van der Waals surface area (Å²) in [5.41, 5.74) is 0.262. The Morgan fingerprint density at radius 2 is 2.50 bits per heavy atom. The first-order valence-corrected chi connectivity index (χ1v) is 3.49. The van der Waals surface area contributed by atoms with Crippen molar-refractivity contribution in [3.8, 4) is 0 Å². The van der Waals surface area contributed by atoms with Gasteiger partial charge in [0.15, 0.2) is 0 Å². The van der Waals surface area contributed by atoms with Crippen LogP contribution in [0, 0.1) is 0 Å². The second-order valence-corrected chi connectivity index (χ2v) is 2.63. The topological polar surface area (TPSA) is 37.3 Å². The van der Waals surface area contributed by atoms with Crippen molar-refractivity contribution in [1.82, 2.24) is 0 Å². The van der Waals surface area contributed by atoms with Gasteiger partial charge in [-0.05, 0) is 11.4 Å². The maximum absolute atomic E-state index is 11.9. The van der Waals surface area contributed by atoms with E-state index < -0.39 is 12.6 Å². The lowest BCUT2D eigenvalue weighted by Gasteiger charge is -1.89. The van der Waals surface area contributed by atoms with Crippen molar-refractivity contribution in [3.05, 3.63) is 21.9 Å². The molecule has 1 N–H and O–H groups in total. The minimum atomic E-state index is -1.05. The molecule has 1 aromatic heterocycles. The van der Waals surface area contributed by atoms with Crippen molar-refractivity contribution in [2.45, 2.75) is 6.67 Å². The molecule has 0 unspecified atom stereocenters. The van der Waals surface area contributed by atoms with Crippen LogP contribution in [0.25, 0.3) is 0 Å². The largest absolute Gasteiger partial charge is 0.477 e. The maximum atomic E-state index is 11.9. The molecule has 2 nitrogen and oxygen atoms in total. The SMILES string of the molecule is O=C(O)c1sccc1CF. The van der Waals surface area contributed by atoms with Gasteiger partial charge >= 0.3 is 5.97 Å². The Labute approximate surface area is 60.9 Å². The minimum Gasteiger partial charge on any atom is -0.477 e. The van der Waals surface area contributed by atoms with E-state index in [1.54, 1.807) is 5.38 Å². The molecule has 54 valence electrons. The van der Waals surface area contributed by atoms with E-state index in [2.05, 4.69) is 0 Å². The number of hydrogen-bond acceptors (Lipinski definition) is 2. The van der Waals surface area contributed by atoms with Gasteiger partial charge in [-0.3, -0.25) is 0 Å². The second-order valence-electron chi connectivity index (χ2n) is 1.71. The van der Waals surface area contributed by atoms with Gasteiger partial charge in [0.1, 0.15) is 11.6 Å². The summed E-state index contributed by atoms with van der Waals surface area (Å²) in [4.78, 5) is 10.4. The number of alkyl halides is 1. The van der Waals surface area contributed by atoms with Crippen LogP contribution in [0.1, 0.15) is 15.2 Å². The van der Waals surface area contributed by atoms with Crippen molar-refractivity contribution in [2.24, 2.45) is 0 Å². The average molecular weight is 160 g/mol. The Balaban J connectivity index is 3.01. The molecule has 0 fully saturated rings. The highest BCUT2D eigenvalue weighted by molar-refractivity contribution is 7.12. The number of hydrogen-bond donors (Lipinski definition) is 1. The van der Waals surface area contributed by atoms with E-state index in [0.717, 1.165) is 11.3 Å². The number of halogens is 1. The summed E-state index contributed by atoms with van der Waals surface area (Å²) in [5.74, 6) is -1.05. The van der Waals surface area contributed by atoms with Gasteiger partial charge in [-0.15, -0.1) is 11.3 Å². The summed E-state index contributed by atoms with van der Waals surface area (Å²) in [5, 5.41) is 10.00. The van der Waals surface area contributed by atoms with Crippen LogP contribution in [-0.4, -0.2) is 11.1 Å². The van der Waals surface area contributed by atoms with Gasteiger partial charge in [0, 0.05) is 5.56 Å². The molecule has 0 aliphatic carbocycles. The van der Waals surface area contributed by atoms with Crippen molar-refractivity contribution < 1.29 is 14.3 Å². The fourth-order valence-electron chi connectivity index (χ4n) is 0.629. The molecule has 0 saturated heterocycles.